The van der Waals surface area contributed by atoms with E-state index >= 15 is 0 Å². The van der Waals surface area contributed by atoms with Gasteiger partial charge in [-0.1, -0.05) is 54.1 Å². The van der Waals surface area contributed by atoms with Crippen LogP contribution in [0.4, 0.5) is 0 Å². The lowest BCUT2D eigenvalue weighted by Gasteiger charge is -2.09. The van der Waals surface area contributed by atoms with Gasteiger partial charge in [0.15, 0.2) is 0 Å². The second-order valence-electron chi connectivity index (χ2n) is 5.85. The van der Waals surface area contributed by atoms with E-state index in [-0.39, 0.29) is 11.7 Å². The zero-order chi connectivity index (χ0) is 19.6. The van der Waals surface area contributed by atoms with E-state index in [1.54, 1.807) is 18.3 Å². The van der Waals surface area contributed by atoms with Crippen molar-refractivity contribution in [2.75, 3.05) is 5.75 Å². The molecule has 28 heavy (non-hydrogen) atoms. The average molecular weight is 411 g/mol. The lowest BCUT2D eigenvalue weighted by Crippen LogP contribution is -2.19. The van der Waals surface area contributed by atoms with E-state index in [1.807, 2.05) is 66.7 Å². The highest BCUT2D eigenvalue weighted by Gasteiger charge is 2.03. The summed E-state index contributed by atoms with van der Waals surface area (Å²) in [5, 5.41) is 4.72. The molecule has 3 rings (SSSR count). The van der Waals surface area contributed by atoms with Gasteiger partial charge in [-0.2, -0.15) is 5.10 Å². The van der Waals surface area contributed by atoms with Gasteiger partial charge in [-0.05, 0) is 42.0 Å². The number of amides is 1. The number of hydrogen-bond acceptors (Lipinski definition) is 4. The summed E-state index contributed by atoms with van der Waals surface area (Å²) >= 11 is 7.28. The molecular formula is C22H19ClN2O2S. The number of thioether (sulfide) groups is 1. The van der Waals surface area contributed by atoms with E-state index in [2.05, 4.69) is 10.5 Å². The Morgan fingerprint density at radius 3 is 2.50 bits per heavy atom. The Balaban J connectivity index is 1.50. The van der Waals surface area contributed by atoms with Crippen LogP contribution in [0, 0.1) is 0 Å². The Labute approximate surface area is 173 Å². The van der Waals surface area contributed by atoms with E-state index in [4.69, 9.17) is 16.3 Å². The molecule has 0 saturated carbocycles. The van der Waals surface area contributed by atoms with Crippen LogP contribution < -0.4 is 10.2 Å². The molecule has 0 bridgehead atoms. The first kappa shape index (κ1) is 20.0. The molecule has 0 unspecified atom stereocenters. The Kier molecular flexibility index (Phi) is 7.53. The zero-order valence-electron chi connectivity index (χ0n) is 15.0. The van der Waals surface area contributed by atoms with Crippen LogP contribution in [0.2, 0.25) is 5.02 Å². The molecule has 0 aliphatic carbocycles. The van der Waals surface area contributed by atoms with Crippen LogP contribution in [0.15, 0.2) is 88.9 Å². The Morgan fingerprint density at radius 1 is 1.00 bits per heavy atom. The van der Waals surface area contributed by atoms with Gasteiger partial charge in [0.1, 0.15) is 12.4 Å². The first-order chi connectivity index (χ1) is 13.7. The van der Waals surface area contributed by atoms with Crippen LogP contribution in [0.3, 0.4) is 0 Å². The van der Waals surface area contributed by atoms with Crippen molar-refractivity contribution < 1.29 is 9.53 Å². The van der Waals surface area contributed by atoms with Gasteiger partial charge in [0, 0.05) is 15.5 Å². The zero-order valence-corrected chi connectivity index (χ0v) is 16.6. The van der Waals surface area contributed by atoms with E-state index in [1.165, 1.54) is 11.8 Å². The summed E-state index contributed by atoms with van der Waals surface area (Å²) in [4.78, 5) is 12.9. The summed E-state index contributed by atoms with van der Waals surface area (Å²) in [5.41, 5.74) is 4.42. The second-order valence-corrected chi connectivity index (χ2v) is 7.33. The SMILES string of the molecule is O=C(CSc1ccc(Cl)cc1)N/N=C/c1ccccc1OCc1ccccc1. The van der Waals surface area contributed by atoms with Gasteiger partial charge >= 0.3 is 0 Å². The molecule has 0 saturated heterocycles. The van der Waals surface area contributed by atoms with Crippen molar-refractivity contribution in [3.63, 3.8) is 0 Å². The van der Waals surface area contributed by atoms with E-state index in [0.29, 0.717) is 17.4 Å². The van der Waals surface area contributed by atoms with Crippen LogP contribution in [0.5, 0.6) is 5.75 Å². The molecular weight excluding hydrogens is 392 g/mol. The maximum atomic E-state index is 12.0. The molecule has 4 nitrogen and oxygen atoms in total. The number of carbonyl (C=O) groups is 1. The quantitative estimate of drug-likeness (QED) is 0.317. The number of hydrogen-bond donors (Lipinski definition) is 1. The van der Waals surface area contributed by atoms with Crippen molar-refractivity contribution in [3.8, 4) is 5.75 Å². The number of hydrazone groups is 1. The number of benzene rings is 3. The van der Waals surface area contributed by atoms with Gasteiger partial charge in [-0.25, -0.2) is 5.43 Å². The molecule has 0 spiro atoms. The summed E-state index contributed by atoms with van der Waals surface area (Å²) in [7, 11) is 0. The highest BCUT2D eigenvalue weighted by Crippen LogP contribution is 2.20. The molecule has 0 aliphatic rings. The van der Waals surface area contributed by atoms with Crippen molar-refractivity contribution >= 4 is 35.5 Å². The highest BCUT2D eigenvalue weighted by atomic mass is 35.5. The first-order valence-electron chi connectivity index (χ1n) is 8.67. The maximum Gasteiger partial charge on any atom is 0.250 e. The second kappa shape index (κ2) is 10.5. The number of para-hydroxylation sites is 1. The van der Waals surface area contributed by atoms with Crippen molar-refractivity contribution in [1.82, 2.24) is 5.43 Å². The molecule has 0 fully saturated rings. The molecule has 0 atom stereocenters. The number of rotatable bonds is 8. The molecule has 0 aliphatic heterocycles. The number of halogens is 1. The van der Waals surface area contributed by atoms with Gasteiger partial charge in [0.2, 0.25) is 5.91 Å². The van der Waals surface area contributed by atoms with Crippen LogP contribution in [0.1, 0.15) is 11.1 Å². The summed E-state index contributed by atoms with van der Waals surface area (Å²) in [6, 6.07) is 24.9. The molecule has 1 N–H and O–H groups in total. The van der Waals surface area contributed by atoms with Crippen LogP contribution in [-0.2, 0) is 11.4 Å². The molecule has 6 heteroatoms. The summed E-state index contributed by atoms with van der Waals surface area (Å²) in [6.45, 7) is 0.468. The van der Waals surface area contributed by atoms with E-state index in [9.17, 15) is 4.79 Å². The smallest absolute Gasteiger partial charge is 0.250 e. The minimum absolute atomic E-state index is 0.182. The topological polar surface area (TPSA) is 50.7 Å². The maximum absolute atomic E-state index is 12.0. The molecule has 0 radical (unpaired) electrons. The third kappa shape index (κ3) is 6.44. The van der Waals surface area contributed by atoms with Crippen LogP contribution in [-0.4, -0.2) is 17.9 Å². The summed E-state index contributed by atoms with van der Waals surface area (Å²) < 4.78 is 5.88. The first-order valence-corrected chi connectivity index (χ1v) is 10.0. The number of ether oxygens (including phenoxy) is 1. The Morgan fingerprint density at radius 2 is 1.71 bits per heavy atom. The van der Waals surface area contributed by atoms with Gasteiger partial charge in [-0.3, -0.25) is 4.79 Å². The van der Waals surface area contributed by atoms with Crippen molar-refractivity contribution in [2.24, 2.45) is 5.10 Å². The number of nitrogens with zero attached hydrogens (tertiary/aromatic N) is 1. The normalized spacial score (nSPS) is 10.8. The molecule has 1 amide bonds. The van der Waals surface area contributed by atoms with Gasteiger partial charge in [0.25, 0.3) is 0 Å². The number of nitrogens with one attached hydrogen (secondary N) is 1. The van der Waals surface area contributed by atoms with Crippen molar-refractivity contribution in [3.05, 3.63) is 95.0 Å². The fourth-order valence-corrected chi connectivity index (χ4v) is 3.16. The molecule has 142 valence electrons. The monoisotopic (exact) mass is 410 g/mol. The largest absolute Gasteiger partial charge is 0.488 e. The van der Waals surface area contributed by atoms with Crippen molar-refractivity contribution in [1.29, 1.82) is 0 Å². The van der Waals surface area contributed by atoms with Crippen LogP contribution in [0.25, 0.3) is 0 Å². The predicted molar refractivity (Wildman–Crippen MR) is 115 cm³/mol. The van der Waals surface area contributed by atoms with Gasteiger partial charge in [-0.15, -0.1) is 11.8 Å². The standard InChI is InChI=1S/C22H19ClN2O2S/c23-19-10-12-20(13-11-19)28-16-22(26)25-24-14-18-8-4-5-9-21(18)27-15-17-6-2-1-3-7-17/h1-14H,15-16H2,(H,25,26)/b24-14+. The Hall–Kier alpha value is -2.76. The van der Waals surface area contributed by atoms with Gasteiger partial charge < -0.3 is 4.74 Å². The third-order valence-corrected chi connectivity index (χ3v) is 5.00. The fourth-order valence-electron chi connectivity index (χ4n) is 2.34. The molecule has 0 aromatic heterocycles. The molecule has 0 heterocycles. The Bertz CT molecular complexity index is 931. The molecule has 3 aromatic rings. The van der Waals surface area contributed by atoms with Crippen molar-refractivity contribution in [2.45, 2.75) is 11.5 Å². The average Bonchev–Trinajstić information content (AvgIpc) is 2.73. The predicted octanol–water partition coefficient (Wildman–Crippen LogP) is 5.16. The fraction of sp³-hybridized carbons (Fsp3) is 0.0909. The lowest BCUT2D eigenvalue weighted by molar-refractivity contribution is -0.118. The highest BCUT2D eigenvalue weighted by molar-refractivity contribution is 8.00. The van der Waals surface area contributed by atoms with E-state index in [0.717, 1.165) is 16.0 Å². The number of carbonyl (C=O) groups excluding carboxylic acids is 1. The lowest BCUT2D eigenvalue weighted by atomic mass is 10.2. The third-order valence-electron chi connectivity index (χ3n) is 3.73. The van der Waals surface area contributed by atoms with E-state index < -0.39 is 0 Å². The minimum atomic E-state index is -0.182. The minimum Gasteiger partial charge on any atom is -0.488 e. The van der Waals surface area contributed by atoms with Crippen LogP contribution >= 0.6 is 23.4 Å². The molecule has 3 aromatic carbocycles. The summed E-state index contributed by atoms with van der Waals surface area (Å²) in [6.07, 6.45) is 1.59. The summed E-state index contributed by atoms with van der Waals surface area (Å²) in [5.74, 6) is 0.796. The van der Waals surface area contributed by atoms with Gasteiger partial charge in [0.05, 0.1) is 12.0 Å².